The number of anilines is 1. The third-order valence-electron chi connectivity index (χ3n) is 3.98. The van der Waals surface area contributed by atoms with E-state index in [1.54, 1.807) is 0 Å². The normalized spacial score (nSPS) is 29.3. The van der Waals surface area contributed by atoms with E-state index in [4.69, 9.17) is 10.3 Å². The van der Waals surface area contributed by atoms with Gasteiger partial charge in [-0.25, -0.2) is 9.18 Å². The van der Waals surface area contributed by atoms with Crippen molar-refractivity contribution in [2.24, 2.45) is 5.11 Å². The van der Waals surface area contributed by atoms with Crippen molar-refractivity contribution in [3.63, 3.8) is 0 Å². The van der Waals surface area contributed by atoms with Crippen LogP contribution in [0.5, 0.6) is 0 Å². The summed E-state index contributed by atoms with van der Waals surface area (Å²) >= 11 is 0. The summed E-state index contributed by atoms with van der Waals surface area (Å²) in [6, 6.07) is 1.52. The fourth-order valence-corrected chi connectivity index (χ4v) is 2.60. The minimum absolute atomic E-state index is 0.429. The third-order valence-corrected chi connectivity index (χ3v) is 3.98. The maximum atomic E-state index is 14.4. The van der Waals surface area contributed by atoms with E-state index in [2.05, 4.69) is 15.0 Å². The Bertz CT molecular complexity index is 689. The van der Waals surface area contributed by atoms with Gasteiger partial charge in [0.15, 0.2) is 12.4 Å². The number of halogens is 1. The zero-order chi connectivity index (χ0) is 17.9. The second-order valence-electron chi connectivity index (χ2n) is 5.24. The van der Waals surface area contributed by atoms with Gasteiger partial charge in [-0.2, -0.15) is 4.98 Å². The highest BCUT2D eigenvalue weighted by Crippen LogP contribution is 2.39. The van der Waals surface area contributed by atoms with Gasteiger partial charge in [-0.05, 0) is 25.4 Å². The zero-order valence-electron chi connectivity index (χ0n) is 13.3. The van der Waals surface area contributed by atoms with E-state index >= 15 is 0 Å². The van der Waals surface area contributed by atoms with E-state index < -0.39 is 36.5 Å². The number of aromatic nitrogens is 2. The number of ether oxygens (including phenoxy) is 1. The summed E-state index contributed by atoms with van der Waals surface area (Å²) in [6.45, 7) is 4.15. The van der Waals surface area contributed by atoms with Crippen LogP contribution in [-0.4, -0.2) is 57.5 Å². The molecule has 0 saturated carbocycles. The van der Waals surface area contributed by atoms with Crippen molar-refractivity contribution in [1.82, 2.24) is 9.55 Å². The minimum atomic E-state index is -2.18. The summed E-state index contributed by atoms with van der Waals surface area (Å²) in [5.74, 6) is 0.429. The van der Waals surface area contributed by atoms with Crippen molar-refractivity contribution in [2.75, 3.05) is 24.6 Å². The molecule has 1 saturated heterocycles. The number of nitrogens with zero attached hydrogens (tertiary/aromatic N) is 6. The standard InChI is InChI=1S/C13H19FN6O4/c1-3-19(4-2)8-5-6-20(12(23)16-8)11-9(14)10(22)13(7-21,24-11)17-18-15/h5-6,9-11,21-22H,3-4,7H2,1-2H3/t9-,10-,11+,13+/m0/s1. The summed E-state index contributed by atoms with van der Waals surface area (Å²) in [5, 5.41) is 22.4. The molecule has 132 valence electrons. The molecule has 2 heterocycles. The number of aliphatic hydroxyl groups excluding tert-OH is 2. The lowest BCUT2D eigenvalue weighted by molar-refractivity contribution is -0.124. The molecular formula is C13H19FN6O4. The fraction of sp³-hybridized carbons (Fsp3) is 0.692. The first-order chi connectivity index (χ1) is 11.4. The first-order valence-corrected chi connectivity index (χ1v) is 7.45. The predicted octanol–water partition coefficient (Wildman–Crippen LogP) is 0.316. The molecule has 1 aliphatic rings. The van der Waals surface area contributed by atoms with Gasteiger partial charge in [0.1, 0.15) is 11.9 Å². The van der Waals surface area contributed by atoms with Crippen LogP contribution in [0.1, 0.15) is 20.1 Å². The minimum Gasteiger partial charge on any atom is -0.393 e. The molecule has 0 amide bonds. The predicted molar refractivity (Wildman–Crippen MR) is 82.0 cm³/mol. The van der Waals surface area contributed by atoms with Gasteiger partial charge in [0.05, 0.1) is 6.61 Å². The highest BCUT2D eigenvalue weighted by Gasteiger charge is 2.56. The number of azide groups is 1. The molecular weight excluding hydrogens is 323 g/mol. The van der Waals surface area contributed by atoms with E-state index in [0.717, 1.165) is 4.57 Å². The van der Waals surface area contributed by atoms with E-state index in [9.17, 15) is 19.4 Å². The van der Waals surface area contributed by atoms with Crippen LogP contribution in [0, 0.1) is 0 Å². The molecule has 0 unspecified atom stereocenters. The largest absolute Gasteiger partial charge is 0.393 e. The van der Waals surface area contributed by atoms with Crippen LogP contribution in [0.25, 0.3) is 10.4 Å². The van der Waals surface area contributed by atoms with Crippen molar-refractivity contribution in [1.29, 1.82) is 0 Å². The zero-order valence-corrected chi connectivity index (χ0v) is 13.3. The first-order valence-electron chi connectivity index (χ1n) is 7.45. The number of alkyl halides is 1. The molecule has 2 N–H and O–H groups in total. The van der Waals surface area contributed by atoms with Gasteiger partial charge < -0.3 is 19.8 Å². The van der Waals surface area contributed by atoms with E-state index in [0.29, 0.717) is 18.9 Å². The summed E-state index contributed by atoms with van der Waals surface area (Å²) in [5.41, 5.74) is 5.57. The average molecular weight is 342 g/mol. The molecule has 0 aliphatic carbocycles. The molecule has 0 aromatic carbocycles. The van der Waals surface area contributed by atoms with Gasteiger partial charge >= 0.3 is 5.69 Å². The van der Waals surface area contributed by atoms with Gasteiger partial charge in [-0.1, -0.05) is 5.11 Å². The molecule has 24 heavy (non-hydrogen) atoms. The van der Waals surface area contributed by atoms with Gasteiger partial charge in [0, 0.05) is 24.2 Å². The van der Waals surface area contributed by atoms with Crippen LogP contribution < -0.4 is 10.6 Å². The quantitative estimate of drug-likeness (QED) is 0.434. The maximum Gasteiger partial charge on any atom is 0.351 e. The Balaban J connectivity index is 2.39. The van der Waals surface area contributed by atoms with Crippen molar-refractivity contribution in [3.8, 4) is 0 Å². The SMILES string of the molecule is CCN(CC)c1ccn([C@@H]2O[C@@](CO)(N=[N+]=[N-])[C@@H](O)[C@@H]2F)c(=O)n1. The Labute approximate surface area is 136 Å². The third kappa shape index (κ3) is 2.94. The van der Waals surface area contributed by atoms with Crippen molar-refractivity contribution in [2.45, 2.75) is 38.1 Å². The van der Waals surface area contributed by atoms with Gasteiger partial charge in [0.25, 0.3) is 0 Å². The van der Waals surface area contributed by atoms with Crippen molar-refractivity contribution in [3.05, 3.63) is 33.2 Å². The summed E-state index contributed by atoms with van der Waals surface area (Å²) in [6.07, 6.45) is -4.28. The molecule has 0 spiro atoms. The number of aliphatic hydroxyl groups is 2. The summed E-state index contributed by atoms with van der Waals surface area (Å²) < 4.78 is 20.4. The van der Waals surface area contributed by atoms with Crippen LogP contribution in [0.2, 0.25) is 0 Å². The van der Waals surface area contributed by atoms with E-state index in [-0.39, 0.29) is 0 Å². The van der Waals surface area contributed by atoms with Gasteiger partial charge in [0.2, 0.25) is 5.72 Å². The van der Waals surface area contributed by atoms with E-state index in [1.807, 2.05) is 18.7 Å². The Kier molecular flexibility index (Phi) is 5.40. The van der Waals surface area contributed by atoms with Crippen LogP contribution >= 0.6 is 0 Å². The highest BCUT2D eigenvalue weighted by atomic mass is 19.1. The number of hydrogen-bond acceptors (Lipinski definition) is 7. The van der Waals surface area contributed by atoms with Gasteiger partial charge in [-0.3, -0.25) is 4.57 Å². The Morgan fingerprint density at radius 2 is 2.25 bits per heavy atom. The van der Waals surface area contributed by atoms with Crippen LogP contribution in [0.3, 0.4) is 0 Å². The molecule has 11 heteroatoms. The topological polar surface area (TPSA) is 137 Å². The number of rotatable bonds is 6. The Morgan fingerprint density at radius 1 is 1.58 bits per heavy atom. The Morgan fingerprint density at radius 3 is 2.75 bits per heavy atom. The second kappa shape index (κ2) is 7.14. The van der Waals surface area contributed by atoms with Crippen molar-refractivity contribution < 1.29 is 19.3 Å². The second-order valence-corrected chi connectivity index (χ2v) is 5.24. The molecule has 1 aliphatic heterocycles. The maximum absolute atomic E-state index is 14.4. The average Bonchev–Trinajstić information content (AvgIpc) is 2.82. The van der Waals surface area contributed by atoms with Crippen molar-refractivity contribution >= 4 is 5.82 Å². The molecule has 0 bridgehead atoms. The molecule has 1 fully saturated rings. The van der Waals surface area contributed by atoms with Crippen LogP contribution in [0.4, 0.5) is 10.2 Å². The molecule has 2 rings (SSSR count). The lowest BCUT2D eigenvalue weighted by Crippen LogP contribution is -2.43. The molecule has 1 aromatic rings. The molecule has 1 aromatic heterocycles. The fourth-order valence-electron chi connectivity index (χ4n) is 2.60. The lowest BCUT2D eigenvalue weighted by atomic mass is 10.1. The highest BCUT2D eigenvalue weighted by molar-refractivity contribution is 5.36. The van der Waals surface area contributed by atoms with E-state index in [1.165, 1.54) is 12.3 Å². The number of hydrogen-bond donors (Lipinski definition) is 2. The molecule has 0 radical (unpaired) electrons. The Hall–Kier alpha value is -2.20. The monoisotopic (exact) mass is 342 g/mol. The first kappa shape index (κ1) is 18.1. The van der Waals surface area contributed by atoms with Gasteiger partial charge in [-0.15, -0.1) is 0 Å². The van der Waals surface area contributed by atoms with Crippen LogP contribution in [0.15, 0.2) is 22.2 Å². The molecule has 10 nitrogen and oxygen atoms in total. The van der Waals surface area contributed by atoms with Crippen LogP contribution in [-0.2, 0) is 4.74 Å². The smallest absolute Gasteiger partial charge is 0.351 e. The summed E-state index contributed by atoms with van der Waals surface area (Å²) in [7, 11) is 0. The lowest BCUT2D eigenvalue weighted by Gasteiger charge is -2.24. The summed E-state index contributed by atoms with van der Waals surface area (Å²) in [4.78, 5) is 20.4. The molecule has 4 atom stereocenters.